The molecule has 33 heavy (non-hydrogen) atoms. The van der Waals surface area contributed by atoms with E-state index in [1.54, 1.807) is 0 Å². The second-order valence-corrected chi connectivity index (χ2v) is 8.52. The van der Waals surface area contributed by atoms with E-state index in [2.05, 4.69) is 118 Å². The summed E-state index contributed by atoms with van der Waals surface area (Å²) in [6.07, 6.45) is 0. The number of benzene rings is 5. The van der Waals surface area contributed by atoms with Crippen LogP contribution < -0.4 is 5.73 Å². The smallest absolute Gasteiger partial charge is 0.0561 e. The minimum atomic E-state index is 0.770. The van der Waals surface area contributed by atoms with Crippen molar-refractivity contribution in [3.05, 3.63) is 115 Å². The highest BCUT2D eigenvalue weighted by Gasteiger charge is 2.18. The molecule has 0 atom stereocenters. The van der Waals surface area contributed by atoms with Crippen LogP contribution in [0, 0.1) is 0 Å². The highest BCUT2D eigenvalue weighted by atomic mass is 15.0. The molecule has 0 saturated heterocycles. The molecule has 0 unspecified atom stereocenters. The van der Waals surface area contributed by atoms with Gasteiger partial charge in [-0.1, -0.05) is 60.7 Å². The third kappa shape index (κ3) is 2.56. The maximum atomic E-state index is 6.23. The largest absolute Gasteiger partial charge is 0.399 e. The number of rotatable bonds is 2. The lowest BCUT2D eigenvalue weighted by Crippen LogP contribution is -1.94. The molecule has 7 rings (SSSR count). The third-order valence-electron chi connectivity index (χ3n) is 6.61. The Balaban J connectivity index is 1.71. The fourth-order valence-corrected chi connectivity index (χ4v) is 5.21. The summed E-state index contributed by atoms with van der Waals surface area (Å²) in [5.41, 5.74) is 14.0. The van der Waals surface area contributed by atoms with Crippen molar-refractivity contribution in [3.8, 4) is 11.4 Å². The van der Waals surface area contributed by atoms with Crippen LogP contribution in [0.2, 0.25) is 0 Å². The van der Waals surface area contributed by atoms with Gasteiger partial charge in [-0.25, -0.2) is 0 Å². The number of hydrogen-bond donors (Lipinski definition) is 1. The van der Waals surface area contributed by atoms with Crippen LogP contribution in [0.1, 0.15) is 0 Å². The van der Waals surface area contributed by atoms with Gasteiger partial charge in [0.15, 0.2) is 0 Å². The molecule has 3 heteroatoms. The Labute approximate surface area is 190 Å². The van der Waals surface area contributed by atoms with E-state index in [-0.39, 0.29) is 0 Å². The predicted molar refractivity (Wildman–Crippen MR) is 140 cm³/mol. The zero-order valence-electron chi connectivity index (χ0n) is 17.9. The molecule has 156 valence electrons. The van der Waals surface area contributed by atoms with E-state index in [9.17, 15) is 0 Å². The Kier molecular flexibility index (Phi) is 3.70. The van der Waals surface area contributed by atoms with Gasteiger partial charge in [0.1, 0.15) is 0 Å². The number of nitrogens with two attached hydrogens (primary N) is 1. The van der Waals surface area contributed by atoms with E-state index < -0.39 is 0 Å². The predicted octanol–water partition coefficient (Wildman–Crippen LogP) is 7.46. The number of nitrogens with zero attached hydrogens (tertiary/aromatic N) is 2. The van der Waals surface area contributed by atoms with Gasteiger partial charge in [-0.15, -0.1) is 0 Å². The first-order valence-corrected chi connectivity index (χ1v) is 11.2. The lowest BCUT2D eigenvalue weighted by molar-refractivity contribution is 1.17. The Hall–Kier alpha value is -4.50. The van der Waals surface area contributed by atoms with Crippen molar-refractivity contribution >= 4 is 49.3 Å². The van der Waals surface area contributed by atoms with Crippen LogP contribution in [0.4, 0.5) is 5.69 Å². The number of nitrogen functional groups attached to an aromatic ring is 1. The minimum absolute atomic E-state index is 0.770. The van der Waals surface area contributed by atoms with E-state index >= 15 is 0 Å². The lowest BCUT2D eigenvalue weighted by Gasteiger charge is -2.09. The summed E-state index contributed by atoms with van der Waals surface area (Å²) in [4.78, 5) is 0. The molecule has 0 amide bonds. The van der Waals surface area contributed by atoms with Crippen molar-refractivity contribution in [1.29, 1.82) is 0 Å². The van der Waals surface area contributed by atoms with Crippen molar-refractivity contribution in [3.63, 3.8) is 0 Å². The number of aromatic nitrogens is 2. The quantitative estimate of drug-likeness (QED) is 0.288. The summed E-state index contributed by atoms with van der Waals surface area (Å²) in [7, 11) is 0. The van der Waals surface area contributed by atoms with Gasteiger partial charge in [-0.3, -0.25) is 0 Å². The highest BCUT2D eigenvalue weighted by molar-refractivity contribution is 6.19. The monoisotopic (exact) mass is 423 g/mol. The molecule has 0 aliphatic rings. The number of para-hydroxylation sites is 3. The van der Waals surface area contributed by atoms with Crippen LogP contribution in [0.25, 0.3) is 55.0 Å². The first-order chi connectivity index (χ1) is 16.3. The second kappa shape index (κ2) is 6.75. The van der Waals surface area contributed by atoms with Crippen LogP contribution in [0.5, 0.6) is 0 Å². The molecule has 0 aliphatic heterocycles. The fourth-order valence-electron chi connectivity index (χ4n) is 5.21. The van der Waals surface area contributed by atoms with E-state index in [1.165, 1.54) is 43.8 Å². The maximum Gasteiger partial charge on any atom is 0.0561 e. The summed E-state index contributed by atoms with van der Waals surface area (Å²) in [5.74, 6) is 0. The SMILES string of the molecule is Nc1ccc2c3cc4c(cc3n(-c3ccccc3)c2c1)c1ccccc1n4-c1ccccc1. The molecule has 2 heterocycles. The Bertz CT molecular complexity index is 1810. The molecule has 0 saturated carbocycles. The summed E-state index contributed by atoms with van der Waals surface area (Å²) in [6, 6.07) is 40.7. The van der Waals surface area contributed by atoms with Crippen LogP contribution in [0.3, 0.4) is 0 Å². The number of fused-ring (bicyclic) bond motifs is 6. The van der Waals surface area contributed by atoms with E-state index in [0.29, 0.717) is 0 Å². The Morgan fingerprint density at radius 3 is 1.52 bits per heavy atom. The molecular weight excluding hydrogens is 402 g/mol. The first kappa shape index (κ1) is 18.1. The van der Waals surface area contributed by atoms with Gasteiger partial charge in [-0.2, -0.15) is 0 Å². The average molecular weight is 424 g/mol. The van der Waals surface area contributed by atoms with Crippen molar-refractivity contribution in [2.24, 2.45) is 0 Å². The molecule has 7 aromatic rings. The zero-order chi connectivity index (χ0) is 21.9. The zero-order valence-corrected chi connectivity index (χ0v) is 17.9. The molecule has 0 aliphatic carbocycles. The van der Waals surface area contributed by atoms with Crippen molar-refractivity contribution in [1.82, 2.24) is 9.13 Å². The van der Waals surface area contributed by atoms with Gasteiger partial charge in [0.05, 0.1) is 22.1 Å². The van der Waals surface area contributed by atoms with Gasteiger partial charge in [0.25, 0.3) is 0 Å². The fraction of sp³-hybridized carbons (Fsp3) is 0. The van der Waals surface area contributed by atoms with Crippen LogP contribution in [0.15, 0.2) is 115 Å². The highest BCUT2D eigenvalue weighted by Crippen LogP contribution is 2.39. The topological polar surface area (TPSA) is 35.9 Å². The van der Waals surface area contributed by atoms with Gasteiger partial charge in [0.2, 0.25) is 0 Å². The van der Waals surface area contributed by atoms with Crippen LogP contribution >= 0.6 is 0 Å². The third-order valence-corrected chi connectivity index (χ3v) is 6.61. The molecule has 5 aromatic carbocycles. The van der Waals surface area contributed by atoms with Crippen molar-refractivity contribution in [2.45, 2.75) is 0 Å². The van der Waals surface area contributed by atoms with Gasteiger partial charge in [-0.05, 0) is 54.6 Å². The number of hydrogen-bond acceptors (Lipinski definition) is 1. The summed E-state index contributed by atoms with van der Waals surface area (Å²) < 4.78 is 4.70. The molecule has 2 N–H and O–H groups in total. The summed E-state index contributed by atoms with van der Waals surface area (Å²) >= 11 is 0. The molecule has 3 nitrogen and oxygen atoms in total. The first-order valence-electron chi connectivity index (χ1n) is 11.2. The molecule has 0 fully saturated rings. The van der Waals surface area contributed by atoms with Crippen molar-refractivity contribution < 1.29 is 0 Å². The van der Waals surface area contributed by atoms with Gasteiger partial charge >= 0.3 is 0 Å². The van der Waals surface area contributed by atoms with E-state index in [0.717, 1.165) is 16.9 Å². The number of anilines is 1. The normalized spacial score (nSPS) is 11.8. The Morgan fingerprint density at radius 1 is 0.394 bits per heavy atom. The second-order valence-electron chi connectivity index (χ2n) is 8.52. The minimum Gasteiger partial charge on any atom is -0.399 e. The molecule has 0 bridgehead atoms. The van der Waals surface area contributed by atoms with Gasteiger partial charge < -0.3 is 14.9 Å². The standard InChI is InChI=1S/C30H21N3/c31-20-15-16-24-26-19-29-25(18-30(26)33(28(24)17-20)22-11-5-2-6-12-22)23-13-7-8-14-27(23)32(29)21-9-3-1-4-10-21/h1-19H,31H2. The summed E-state index contributed by atoms with van der Waals surface area (Å²) in [5, 5.41) is 4.92. The molecular formula is C30H21N3. The maximum absolute atomic E-state index is 6.23. The lowest BCUT2D eigenvalue weighted by atomic mass is 10.1. The Morgan fingerprint density at radius 2 is 0.879 bits per heavy atom. The van der Waals surface area contributed by atoms with Crippen molar-refractivity contribution in [2.75, 3.05) is 5.73 Å². The molecule has 2 aromatic heterocycles. The van der Waals surface area contributed by atoms with Crippen LogP contribution in [-0.2, 0) is 0 Å². The average Bonchev–Trinajstić information content (AvgIpc) is 3.35. The molecule has 0 spiro atoms. The van der Waals surface area contributed by atoms with E-state index in [1.807, 2.05) is 6.07 Å². The van der Waals surface area contributed by atoms with Gasteiger partial charge in [0, 0.05) is 38.6 Å². The summed E-state index contributed by atoms with van der Waals surface area (Å²) in [6.45, 7) is 0. The van der Waals surface area contributed by atoms with Crippen LogP contribution in [-0.4, -0.2) is 9.13 Å². The van der Waals surface area contributed by atoms with E-state index in [4.69, 9.17) is 5.73 Å². The molecule has 0 radical (unpaired) electrons.